The van der Waals surface area contributed by atoms with Gasteiger partial charge in [0.1, 0.15) is 5.75 Å². The van der Waals surface area contributed by atoms with Crippen molar-refractivity contribution in [2.75, 3.05) is 43.0 Å². The van der Waals surface area contributed by atoms with Crippen LogP contribution in [0.5, 0.6) is 5.75 Å². The third-order valence-electron chi connectivity index (χ3n) is 4.21. The molecule has 0 atom stereocenters. The number of sulfonamides is 1. The average Bonchev–Trinajstić information content (AvgIpc) is 2.68. The van der Waals surface area contributed by atoms with Crippen LogP contribution >= 0.6 is 11.6 Å². The van der Waals surface area contributed by atoms with E-state index in [0.717, 1.165) is 12.1 Å². The van der Waals surface area contributed by atoms with Crippen LogP contribution in [0.15, 0.2) is 41.3 Å². The fourth-order valence-corrected chi connectivity index (χ4v) is 4.25. The number of anilines is 2. The van der Waals surface area contributed by atoms with Gasteiger partial charge in [0.05, 0.1) is 42.7 Å². The Morgan fingerprint density at radius 3 is 2.57 bits per heavy atom. The summed E-state index contributed by atoms with van der Waals surface area (Å²) < 4.78 is 38.6. The molecule has 0 aromatic heterocycles. The Morgan fingerprint density at radius 2 is 1.93 bits per heavy atom. The second-order valence-electron chi connectivity index (χ2n) is 5.96. The van der Waals surface area contributed by atoms with Crippen molar-refractivity contribution < 1.29 is 22.8 Å². The fourth-order valence-electron chi connectivity index (χ4n) is 2.86. The lowest BCUT2D eigenvalue weighted by Crippen LogP contribution is -2.36. The van der Waals surface area contributed by atoms with Gasteiger partial charge < -0.3 is 14.4 Å². The lowest BCUT2D eigenvalue weighted by atomic mass is 10.2. The minimum Gasteiger partial charge on any atom is -0.497 e. The normalized spacial score (nSPS) is 14.6. The Kier molecular flexibility index (Phi) is 5.92. The van der Waals surface area contributed by atoms with Gasteiger partial charge >= 0.3 is 0 Å². The molecular weight excluding hydrogens is 410 g/mol. The van der Waals surface area contributed by atoms with E-state index in [9.17, 15) is 18.5 Å². The van der Waals surface area contributed by atoms with Crippen molar-refractivity contribution in [1.29, 1.82) is 0 Å². The van der Waals surface area contributed by atoms with Crippen molar-refractivity contribution in [3.8, 4) is 5.75 Å². The zero-order valence-corrected chi connectivity index (χ0v) is 16.5. The molecule has 3 rings (SSSR count). The SMILES string of the molecule is COc1ccc(S(=O)(=O)Nc2cc(Cl)ccc2N2CCOCC2)c([N+](=O)[O-])c1. The summed E-state index contributed by atoms with van der Waals surface area (Å²) in [7, 11) is -2.92. The summed E-state index contributed by atoms with van der Waals surface area (Å²) in [5.41, 5.74) is 0.272. The molecule has 0 bridgehead atoms. The van der Waals surface area contributed by atoms with Crippen molar-refractivity contribution in [3.05, 3.63) is 51.5 Å². The highest BCUT2D eigenvalue weighted by atomic mass is 35.5. The Morgan fingerprint density at radius 1 is 1.21 bits per heavy atom. The third kappa shape index (κ3) is 4.29. The molecule has 150 valence electrons. The van der Waals surface area contributed by atoms with Crippen LogP contribution < -0.4 is 14.4 Å². The largest absolute Gasteiger partial charge is 0.497 e. The maximum absolute atomic E-state index is 12.9. The second-order valence-corrected chi connectivity index (χ2v) is 8.04. The predicted octanol–water partition coefficient (Wildman–Crippen LogP) is 2.89. The molecule has 1 aliphatic heterocycles. The molecule has 1 saturated heterocycles. The van der Waals surface area contributed by atoms with Gasteiger partial charge in [0.25, 0.3) is 15.7 Å². The van der Waals surface area contributed by atoms with Gasteiger partial charge in [-0.2, -0.15) is 0 Å². The molecule has 1 N–H and O–H groups in total. The van der Waals surface area contributed by atoms with Gasteiger partial charge in [-0.3, -0.25) is 14.8 Å². The standard InChI is InChI=1S/C17H18ClN3O6S/c1-26-13-3-5-17(16(11-13)21(22)23)28(24,25)19-14-10-12(18)2-4-15(14)20-6-8-27-9-7-20/h2-5,10-11,19H,6-9H2,1H3. The quantitative estimate of drug-likeness (QED) is 0.557. The zero-order chi connectivity index (χ0) is 20.3. The monoisotopic (exact) mass is 427 g/mol. The summed E-state index contributed by atoms with van der Waals surface area (Å²) >= 11 is 6.05. The van der Waals surface area contributed by atoms with E-state index < -0.39 is 25.5 Å². The minimum absolute atomic E-state index is 0.183. The average molecular weight is 428 g/mol. The van der Waals surface area contributed by atoms with Gasteiger partial charge in [0.15, 0.2) is 4.90 Å². The zero-order valence-electron chi connectivity index (χ0n) is 14.9. The number of rotatable bonds is 6. The molecule has 0 saturated carbocycles. The number of methoxy groups -OCH3 is 1. The number of hydrogen-bond acceptors (Lipinski definition) is 7. The van der Waals surface area contributed by atoms with Crippen LogP contribution in [0, 0.1) is 10.1 Å². The van der Waals surface area contributed by atoms with Crippen LogP contribution in [-0.2, 0) is 14.8 Å². The van der Waals surface area contributed by atoms with E-state index in [-0.39, 0.29) is 11.4 Å². The van der Waals surface area contributed by atoms with E-state index in [4.69, 9.17) is 21.1 Å². The molecule has 11 heteroatoms. The predicted molar refractivity (Wildman–Crippen MR) is 105 cm³/mol. The van der Waals surface area contributed by atoms with Crippen LogP contribution in [0.2, 0.25) is 5.02 Å². The second kappa shape index (κ2) is 8.21. The molecule has 9 nitrogen and oxygen atoms in total. The van der Waals surface area contributed by atoms with Crippen LogP contribution in [0.3, 0.4) is 0 Å². The minimum atomic E-state index is -4.26. The third-order valence-corrected chi connectivity index (χ3v) is 5.86. The number of morpholine rings is 1. The topological polar surface area (TPSA) is 111 Å². The summed E-state index contributed by atoms with van der Waals surface area (Å²) in [4.78, 5) is 12.1. The molecule has 0 radical (unpaired) electrons. The molecule has 1 aliphatic rings. The summed E-state index contributed by atoms with van der Waals surface area (Å²) in [6, 6.07) is 8.38. The first-order valence-electron chi connectivity index (χ1n) is 8.29. The Labute approximate surface area is 167 Å². The lowest BCUT2D eigenvalue weighted by Gasteiger charge is -2.30. The molecule has 0 spiro atoms. The van der Waals surface area contributed by atoms with E-state index in [2.05, 4.69) is 4.72 Å². The van der Waals surface area contributed by atoms with Gasteiger partial charge in [0.2, 0.25) is 0 Å². The smallest absolute Gasteiger partial charge is 0.293 e. The van der Waals surface area contributed by atoms with Gasteiger partial charge in [-0.1, -0.05) is 11.6 Å². The maximum atomic E-state index is 12.9. The number of nitro groups is 1. The van der Waals surface area contributed by atoms with Gasteiger partial charge in [-0.05, 0) is 30.3 Å². The maximum Gasteiger partial charge on any atom is 0.293 e. The van der Waals surface area contributed by atoms with Crippen molar-refractivity contribution in [2.45, 2.75) is 4.90 Å². The first kappa shape index (κ1) is 20.2. The van der Waals surface area contributed by atoms with Gasteiger partial charge in [-0.15, -0.1) is 0 Å². The van der Waals surface area contributed by atoms with Crippen molar-refractivity contribution >= 4 is 38.7 Å². The molecule has 1 heterocycles. The molecule has 0 aliphatic carbocycles. The molecule has 2 aromatic carbocycles. The van der Waals surface area contributed by atoms with E-state index in [1.807, 2.05) is 4.90 Å². The van der Waals surface area contributed by atoms with Crippen LogP contribution in [-0.4, -0.2) is 46.8 Å². The van der Waals surface area contributed by atoms with Crippen molar-refractivity contribution in [2.24, 2.45) is 0 Å². The van der Waals surface area contributed by atoms with Gasteiger partial charge in [-0.25, -0.2) is 8.42 Å². The number of nitrogens with one attached hydrogen (secondary N) is 1. The highest BCUT2D eigenvalue weighted by molar-refractivity contribution is 7.92. The number of ether oxygens (including phenoxy) is 2. The summed E-state index contributed by atoms with van der Waals surface area (Å²) in [5, 5.41) is 11.7. The number of hydrogen-bond donors (Lipinski definition) is 1. The Balaban J connectivity index is 2.01. The highest BCUT2D eigenvalue weighted by Gasteiger charge is 2.28. The van der Waals surface area contributed by atoms with Gasteiger partial charge in [0, 0.05) is 18.1 Å². The molecule has 2 aromatic rings. The van der Waals surface area contributed by atoms with Crippen LogP contribution in [0.25, 0.3) is 0 Å². The Bertz CT molecular complexity index is 992. The summed E-state index contributed by atoms with van der Waals surface area (Å²) in [6.45, 7) is 2.19. The van der Waals surface area contributed by atoms with E-state index in [1.54, 1.807) is 12.1 Å². The number of halogens is 1. The number of benzene rings is 2. The number of nitro benzene ring substituents is 1. The van der Waals surface area contributed by atoms with Crippen molar-refractivity contribution in [1.82, 2.24) is 0 Å². The molecule has 1 fully saturated rings. The van der Waals surface area contributed by atoms with E-state index in [1.165, 1.54) is 19.2 Å². The van der Waals surface area contributed by atoms with Crippen LogP contribution in [0.1, 0.15) is 0 Å². The first-order valence-corrected chi connectivity index (χ1v) is 10.2. The molecule has 28 heavy (non-hydrogen) atoms. The molecule has 0 unspecified atom stereocenters. The van der Waals surface area contributed by atoms with E-state index in [0.29, 0.717) is 37.0 Å². The first-order chi connectivity index (χ1) is 13.3. The lowest BCUT2D eigenvalue weighted by molar-refractivity contribution is -0.387. The molecule has 0 amide bonds. The number of nitrogens with zero attached hydrogens (tertiary/aromatic N) is 2. The van der Waals surface area contributed by atoms with Crippen molar-refractivity contribution in [3.63, 3.8) is 0 Å². The summed E-state index contributed by atoms with van der Waals surface area (Å²) in [5.74, 6) is 0.183. The van der Waals surface area contributed by atoms with E-state index >= 15 is 0 Å². The highest BCUT2D eigenvalue weighted by Crippen LogP contribution is 2.34. The Hall–Kier alpha value is -2.56. The summed E-state index contributed by atoms with van der Waals surface area (Å²) in [6.07, 6.45) is 0. The van der Waals surface area contributed by atoms with Crippen LogP contribution in [0.4, 0.5) is 17.1 Å². The molecular formula is C17H18ClN3O6S. The fraction of sp³-hybridized carbons (Fsp3) is 0.294.